The Morgan fingerprint density at radius 2 is 1.82 bits per heavy atom. The molecule has 1 aromatic heterocycles. The molecule has 0 N–H and O–H groups in total. The first kappa shape index (κ1) is 16.6. The average molecular weight is 318 g/mol. The van der Waals surface area contributed by atoms with Crippen LogP contribution in [0.2, 0.25) is 0 Å². The number of rotatable bonds is 3. The Morgan fingerprint density at radius 1 is 1.18 bits per heavy atom. The standard InChI is InChI=1S/C17H19FN2OS/c1-12(20-22(21)17(2,3)4)14-9-10-19-16(11-14)13-5-7-15(18)8-6-13/h5-11H,1-4H3. The van der Waals surface area contributed by atoms with E-state index >= 15 is 0 Å². The molecule has 0 fully saturated rings. The quantitative estimate of drug-likeness (QED) is 0.630. The minimum absolute atomic E-state index is 0.279. The summed E-state index contributed by atoms with van der Waals surface area (Å²) in [6.07, 6.45) is 1.67. The van der Waals surface area contributed by atoms with Crippen molar-refractivity contribution in [2.24, 2.45) is 4.40 Å². The van der Waals surface area contributed by atoms with Gasteiger partial charge in [0.1, 0.15) is 21.9 Å². The molecule has 0 amide bonds. The topological polar surface area (TPSA) is 48.3 Å². The summed E-state index contributed by atoms with van der Waals surface area (Å²) in [5.74, 6) is -0.279. The van der Waals surface area contributed by atoms with Gasteiger partial charge in [0, 0.05) is 17.3 Å². The van der Waals surface area contributed by atoms with Gasteiger partial charge in [0.15, 0.2) is 0 Å². The van der Waals surface area contributed by atoms with E-state index in [0.717, 1.165) is 16.8 Å². The van der Waals surface area contributed by atoms with Crippen LogP contribution in [0.4, 0.5) is 4.39 Å². The summed E-state index contributed by atoms with van der Waals surface area (Å²) < 4.78 is 29.0. The van der Waals surface area contributed by atoms with E-state index in [1.165, 1.54) is 12.1 Å². The molecule has 22 heavy (non-hydrogen) atoms. The third-order valence-electron chi connectivity index (χ3n) is 3.06. The molecule has 0 saturated carbocycles. The number of hydrogen-bond acceptors (Lipinski definition) is 3. The molecule has 0 aliphatic carbocycles. The van der Waals surface area contributed by atoms with Crippen molar-refractivity contribution >= 4 is 17.1 Å². The fourth-order valence-corrected chi connectivity index (χ4v) is 2.38. The second-order valence-corrected chi connectivity index (χ2v) is 7.88. The van der Waals surface area contributed by atoms with Crippen molar-refractivity contribution in [3.63, 3.8) is 0 Å². The van der Waals surface area contributed by atoms with Gasteiger partial charge >= 0.3 is 0 Å². The van der Waals surface area contributed by atoms with E-state index in [0.29, 0.717) is 5.71 Å². The molecule has 0 spiro atoms. The summed E-state index contributed by atoms with van der Waals surface area (Å²) in [5.41, 5.74) is 3.10. The SMILES string of the molecule is CC(=N[S+]([O-])C(C)(C)C)c1ccnc(-c2ccc(F)cc2)c1. The van der Waals surface area contributed by atoms with Gasteiger partial charge in [-0.1, -0.05) is 4.40 Å². The van der Waals surface area contributed by atoms with Crippen molar-refractivity contribution < 1.29 is 8.94 Å². The highest BCUT2D eigenvalue weighted by atomic mass is 32.2. The van der Waals surface area contributed by atoms with Crippen molar-refractivity contribution in [2.45, 2.75) is 32.4 Å². The number of hydrogen-bond donors (Lipinski definition) is 0. The normalized spacial score (nSPS) is 14.0. The Labute approximate surface area is 133 Å². The van der Waals surface area contributed by atoms with E-state index in [1.54, 1.807) is 18.3 Å². The molecule has 1 aromatic carbocycles. The summed E-state index contributed by atoms with van der Waals surface area (Å²) in [6.45, 7) is 7.48. The van der Waals surface area contributed by atoms with E-state index in [2.05, 4.69) is 9.38 Å². The number of pyridine rings is 1. The number of benzene rings is 1. The minimum atomic E-state index is -1.30. The zero-order valence-corrected chi connectivity index (χ0v) is 13.9. The number of nitrogens with zero attached hydrogens (tertiary/aromatic N) is 2. The summed E-state index contributed by atoms with van der Waals surface area (Å²) >= 11 is -1.30. The monoisotopic (exact) mass is 318 g/mol. The van der Waals surface area contributed by atoms with Gasteiger partial charge in [-0.15, -0.1) is 0 Å². The van der Waals surface area contributed by atoms with E-state index in [1.807, 2.05) is 39.8 Å². The fraction of sp³-hybridized carbons (Fsp3) is 0.294. The van der Waals surface area contributed by atoms with Crippen LogP contribution in [0, 0.1) is 5.82 Å². The van der Waals surface area contributed by atoms with E-state index in [4.69, 9.17) is 0 Å². The molecule has 3 nitrogen and oxygen atoms in total. The van der Waals surface area contributed by atoms with Gasteiger partial charge in [-0.3, -0.25) is 4.98 Å². The number of aromatic nitrogens is 1. The van der Waals surface area contributed by atoms with Crippen LogP contribution in [-0.2, 0) is 11.4 Å². The van der Waals surface area contributed by atoms with Crippen molar-refractivity contribution in [3.05, 3.63) is 54.0 Å². The van der Waals surface area contributed by atoms with Crippen molar-refractivity contribution in [3.8, 4) is 11.3 Å². The summed E-state index contributed by atoms with van der Waals surface area (Å²) in [4.78, 5) is 4.30. The maximum absolute atomic E-state index is 13.0. The zero-order chi connectivity index (χ0) is 16.3. The lowest BCUT2D eigenvalue weighted by Gasteiger charge is -2.18. The Bertz CT molecular complexity index is 678. The van der Waals surface area contributed by atoms with Crippen LogP contribution in [0.15, 0.2) is 47.0 Å². The van der Waals surface area contributed by atoms with Crippen molar-refractivity contribution in [2.75, 3.05) is 0 Å². The van der Waals surface area contributed by atoms with Crippen LogP contribution in [-0.4, -0.2) is 20.0 Å². The fourth-order valence-electron chi connectivity index (χ4n) is 1.75. The van der Waals surface area contributed by atoms with Gasteiger partial charge in [0.2, 0.25) is 0 Å². The molecular weight excluding hydrogens is 299 g/mol. The molecule has 1 heterocycles. The molecule has 0 saturated heterocycles. The summed E-state index contributed by atoms with van der Waals surface area (Å²) in [7, 11) is 0. The van der Waals surface area contributed by atoms with Gasteiger partial charge in [0.25, 0.3) is 0 Å². The number of halogens is 1. The van der Waals surface area contributed by atoms with E-state index in [-0.39, 0.29) is 5.82 Å². The second kappa shape index (κ2) is 6.58. The van der Waals surface area contributed by atoms with Crippen molar-refractivity contribution in [1.29, 1.82) is 0 Å². The molecule has 2 aromatic rings. The van der Waals surface area contributed by atoms with Gasteiger partial charge in [-0.2, -0.15) is 0 Å². The molecule has 116 valence electrons. The lowest BCUT2D eigenvalue weighted by Crippen LogP contribution is -2.26. The van der Waals surface area contributed by atoms with Crippen LogP contribution in [0.5, 0.6) is 0 Å². The average Bonchev–Trinajstić information content (AvgIpc) is 2.47. The molecular formula is C17H19FN2OS. The van der Waals surface area contributed by atoms with Gasteiger partial charge in [-0.25, -0.2) is 4.39 Å². The molecule has 0 aliphatic heterocycles. The maximum atomic E-state index is 13.0. The van der Waals surface area contributed by atoms with Gasteiger partial charge < -0.3 is 4.55 Å². The zero-order valence-electron chi connectivity index (χ0n) is 13.1. The predicted octanol–water partition coefficient (Wildman–Crippen LogP) is 4.16. The molecule has 5 heteroatoms. The van der Waals surface area contributed by atoms with E-state index < -0.39 is 16.1 Å². The third kappa shape index (κ3) is 4.15. The molecule has 0 radical (unpaired) electrons. The Hall–Kier alpha value is -1.72. The molecule has 1 atom stereocenters. The molecule has 0 bridgehead atoms. The van der Waals surface area contributed by atoms with Crippen LogP contribution in [0.25, 0.3) is 11.3 Å². The largest absolute Gasteiger partial charge is 0.591 e. The van der Waals surface area contributed by atoms with Crippen molar-refractivity contribution in [1.82, 2.24) is 4.98 Å². The van der Waals surface area contributed by atoms with Gasteiger partial charge in [0.05, 0.1) is 11.4 Å². The molecule has 0 aliphatic rings. The van der Waals surface area contributed by atoms with Crippen LogP contribution >= 0.6 is 0 Å². The highest BCUT2D eigenvalue weighted by Crippen LogP contribution is 2.21. The first-order valence-corrected chi connectivity index (χ1v) is 8.08. The smallest absolute Gasteiger partial charge is 0.144 e. The highest BCUT2D eigenvalue weighted by Gasteiger charge is 2.26. The molecule has 2 rings (SSSR count). The second-order valence-electron chi connectivity index (χ2n) is 5.97. The first-order valence-electron chi connectivity index (χ1n) is 6.97. The lowest BCUT2D eigenvalue weighted by atomic mass is 10.1. The Morgan fingerprint density at radius 3 is 2.41 bits per heavy atom. The van der Waals surface area contributed by atoms with E-state index in [9.17, 15) is 8.94 Å². The van der Waals surface area contributed by atoms with Crippen LogP contribution in [0.1, 0.15) is 33.3 Å². The van der Waals surface area contributed by atoms with Crippen LogP contribution < -0.4 is 0 Å². The summed E-state index contributed by atoms with van der Waals surface area (Å²) in [5, 5.41) is 0. The Balaban J connectivity index is 2.32. The maximum Gasteiger partial charge on any atom is 0.144 e. The Kier molecular flexibility index (Phi) is 4.98. The third-order valence-corrected chi connectivity index (χ3v) is 4.55. The molecule has 1 unspecified atom stereocenters. The summed E-state index contributed by atoms with van der Waals surface area (Å²) in [6, 6.07) is 9.86. The van der Waals surface area contributed by atoms with Crippen LogP contribution in [0.3, 0.4) is 0 Å². The lowest BCUT2D eigenvalue weighted by molar-refractivity contribution is 0.561. The predicted molar refractivity (Wildman–Crippen MR) is 89.7 cm³/mol. The van der Waals surface area contributed by atoms with Gasteiger partial charge in [-0.05, 0) is 64.1 Å². The first-order chi connectivity index (χ1) is 10.3. The minimum Gasteiger partial charge on any atom is -0.591 e. The highest BCUT2D eigenvalue weighted by molar-refractivity contribution is 7.91.